The van der Waals surface area contributed by atoms with Crippen molar-refractivity contribution < 1.29 is 14.2 Å². The Kier molecular flexibility index (Phi) is 5.63. The standard InChI is InChI=1S/C15H23NO3/c1-17-8-3-9-18-10-11-19-15-5-2-4-12-13(15)6-7-14(12)16/h2,4-5,14H,3,6-11,16H2,1H3. The van der Waals surface area contributed by atoms with Gasteiger partial charge in [-0.3, -0.25) is 0 Å². The summed E-state index contributed by atoms with van der Waals surface area (Å²) in [6.45, 7) is 2.65. The van der Waals surface area contributed by atoms with Gasteiger partial charge in [0.05, 0.1) is 6.61 Å². The summed E-state index contributed by atoms with van der Waals surface area (Å²) in [7, 11) is 1.70. The largest absolute Gasteiger partial charge is 0.491 e. The first-order valence-electron chi connectivity index (χ1n) is 6.89. The third kappa shape index (κ3) is 3.93. The highest BCUT2D eigenvalue weighted by Crippen LogP contribution is 2.35. The molecule has 4 heteroatoms. The van der Waals surface area contributed by atoms with Gasteiger partial charge >= 0.3 is 0 Å². The van der Waals surface area contributed by atoms with Crippen molar-refractivity contribution >= 4 is 0 Å². The van der Waals surface area contributed by atoms with Crippen LogP contribution >= 0.6 is 0 Å². The number of rotatable bonds is 8. The molecular weight excluding hydrogens is 242 g/mol. The summed E-state index contributed by atoms with van der Waals surface area (Å²) in [4.78, 5) is 0. The number of nitrogens with two attached hydrogens (primary N) is 1. The van der Waals surface area contributed by atoms with Gasteiger partial charge in [0.25, 0.3) is 0 Å². The van der Waals surface area contributed by atoms with Crippen LogP contribution in [0.25, 0.3) is 0 Å². The number of hydrogen-bond donors (Lipinski definition) is 1. The van der Waals surface area contributed by atoms with E-state index in [1.165, 1.54) is 11.1 Å². The molecule has 1 unspecified atom stereocenters. The zero-order valence-corrected chi connectivity index (χ0v) is 11.6. The zero-order valence-electron chi connectivity index (χ0n) is 11.6. The monoisotopic (exact) mass is 265 g/mol. The average Bonchev–Trinajstić information content (AvgIpc) is 2.81. The number of methoxy groups -OCH3 is 1. The fraction of sp³-hybridized carbons (Fsp3) is 0.600. The fourth-order valence-corrected chi connectivity index (χ4v) is 2.41. The Hall–Kier alpha value is -1.10. The summed E-state index contributed by atoms with van der Waals surface area (Å²) in [5.74, 6) is 0.964. The van der Waals surface area contributed by atoms with Crippen LogP contribution in [0.4, 0.5) is 0 Å². The van der Waals surface area contributed by atoms with E-state index in [0.29, 0.717) is 13.2 Å². The van der Waals surface area contributed by atoms with Crippen LogP contribution in [0.3, 0.4) is 0 Å². The normalized spacial score (nSPS) is 17.5. The lowest BCUT2D eigenvalue weighted by atomic mass is 10.1. The molecule has 106 valence electrons. The molecule has 1 aromatic carbocycles. The first-order valence-corrected chi connectivity index (χ1v) is 6.89. The minimum absolute atomic E-state index is 0.170. The molecule has 0 aliphatic heterocycles. The van der Waals surface area contributed by atoms with Crippen molar-refractivity contribution in [3.8, 4) is 5.75 Å². The first-order chi connectivity index (χ1) is 9.33. The summed E-state index contributed by atoms with van der Waals surface area (Å²) in [5.41, 5.74) is 8.55. The van der Waals surface area contributed by atoms with Crippen molar-refractivity contribution in [3.05, 3.63) is 29.3 Å². The van der Waals surface area contributed by atoms with Gasteiger partial charge < -0.3 is 19.9 Å². The zero-order chi connectivity index (χ0) is 13.5. The molecule has 0 bridgehead atoms. The Morgan fingerprint density at radius 1 is 1.21 bits per heavy atom. The quantitative estimate of drug-likeness (QED) is 0.731. The molecule has 0 fully saturated rings. The molecule has 1 aromatic rings. The van der Waals surface area contributed by atoms with Crippen molar-refractivity contribution in [2.24, 2.45) is 5.73 Å². The second-order valence-electron chi connectivity index (χ2n) is 4.78. The molecule has 0 spiro atoms. The van der Waals surface area contributed by atoms with E-state index < -0.39 is 0 Å². The van der Waals surface area contributed by atoms with Gasteiger partial charge in [-0.1, -0.05) is 12.1 Å². The van der Waals surface area contributed by atoms with E-state index in [1.807, 2.05) is 12.1 Å². The average molecular weight is 265 g/mol. The van der Waals surface area contributed by atoms with Crippen LogP contribution < -0.4 is 10.5 Å². The predicted octanol–water partition coefficient (Wildman–Crippen LogP) is 2.06. The Bertz CT molecular complexity index is 395. The maximum atomic E-state index is 6.05. The topological polar surface area (TPSA) is 53.7 Å². The molecule has 0 saturated carbocycles. The minimum Gasteiger partial charge on any atom is -0.491 e. The van der Waals surface area contributed by atoms with E-state index in [4.69, 9.17) is 19.9 Å². The SMILES string of the molecule is COCCCOCCOc1cccc2c1CCC2N. The van der Waals surface area contributed by atoms with E-state index >= 15 is 0 Å². The van der Waals surface area contributed by atoms with Gasteiger partial charge in [-0.15, -0.1) is 0 Å². The van der Waals surface area contributed by atoms with E-state index in [1.54, 1.807) is 7.11 Å². The molecule has 0 saturated heterocycles. The lowest BCUT2D eigenvalue weighted by molar-refractivity contribution is 0.0804. The predicted molar refractivity (Wildman–Crippen MR) is 74.5 cm³/mol. The second-order valence-corrected chi connectivity index (χ2v) is 4.78. The van der Waals surface area contributed by atoms with Crippen LogP contribution in [0.5, 0.6) is 5.75 Å². The van der Waals surface area contributed by atoms with Crippen LogP contribution in [0.1, 0.15) is 30.0 Å². The van der Waals surface area contributed by atoms with Crippen LogP contribution in [-0.2, 0) is 15.9 Å². The Morgan fingerprint density at radius 3 is 2.95 bits per heavy atom. The maximum Gasteiger partial charge on any atom is 0.122 e. The molecular formula is C15H23NO3. The highest BCUT2D eigenvalue weighted by Gasteiger charge is 2.21. The molecule has 1 aliphatic rings. The molecule has 0 aromatic heterocycles. The molecule has 1 aliphatic carbocycles. The van der Waals surface area contributed by atoms with Crippen molar-refractivity contribution in [1.29, 1.82) is 0 Å². The highest BCUT2D eigenvalue weighted by atomic mass is 16.5. The number of fused-ring (bicyclic) bond motifs is 1. The fourth-order valence-electron chi connectivity index (χ4n) is 2.41. The van der Waals surface area contributed by atoms with Crippen LogP contribution in [0.15, 0.2) is 18.2 Å². The first kappa shape index (κ1) is 14.3. The van der Waals surface area contributed by atoms with Gasteiger partial charge in [-0.05, 0) is 36.5 Å². The molecule has 2 rings (SSSR count). The molecule has 2 N–H and O–H groups in total. The molecule has 19 heavy (non-hydrogen) atoms. The van der Waals surface area contributed by atoms with Gasteiger partial charge in [0, 0.05) is 26.4 Å². The molecule has 1 atom stereocenters. The maximum absolute atomic E-state index is 6.05. The Morgan fingerprint density at radius 2 is 2.11 bits per heavy atom. The second kappa shape index (κ2) is 7.48. The molecule has 0 amide bonds. The van der Waals surface area contributed by atoms with E-state index in [-0.39, 0.29) is 6.04 Å². The third-order valence-electron chi connectivity index (χ3n) is 3.40. The summed E-state index contributed by atoms with van der Waals surface area (Å²) >= 11 is 0. The van der Waals surface area contributed by atoms with Crippen molar-refractivity contribution in [2.75, 3.05) is 33.5 Å². The van der Waals surface area contributed by atoms with Gasteiger partial charge in [0.1, 0.15) is 12.4 Å². The third-order valence-corrected chi connectivity index (χ3v) is 3.40. The van der Waals surface area contributed by atoms with Crippen LogP contribution in [0.2, 0.25) is 0 Å². The van der Waals surface area contributed by atoms with E-state index in [9.17, 15) is 0 Å². The number of benzene rings is 1. The van der Waals surface area contributed by atoms with E-state index in [0.717, 1.165) is 38.2 Å². The number of hydrogen-bond acceptors (Lipinski definition) is 4. The van der Waals surface area contributed by atoms with Crippen molar-refractivity contribution in [3.63, 3.8) is 0 Å². The lowest BCUT2D eigenvalue weighted by Crippen LogP contribution is -2.10. The number of ether oxygens (including phenoxy) is 3. The minimum atomic E-state index is 0.170. The molecule has 0 radical (unpaired) electrons. The van der Waals surface area contributed by atoms with Gasteiger partial charge in [0.15, 0.2) is 0 Å². The van der Waals surface area contributed by atoms with Crippen LogP contribution in [0, 0.1) is 0 Å². The van der Waals surface area contributed by atoms with Gasteiger partial charge in [-0.25, -0.2) is 0 Å². The van der Waals surface area contributed by atoms with Crippen LogP contribution in [-0.4, -0.2) is 33.5 Å². The summed E-state index contributed by atoms with van der Waals surface area (Å²) in [5, 5.41) is 0. The lowest BCUT2D eigenvalue weighted by Gasteiger charge is -2.11. The van der Waals surface area contributed by atoms with Gasteiger partial charge in [0.2, 0.25) is 0 Å². The van der Waals surface area contributed by atoms with Crippen molar-refractivity contribution in [2.45, 2.75) is 25.3 Å². The highest BCUT2D eigenvalue weighted by molar-refractivity contribution is 5.44. The molecule has 0 heterocycles. The summed E-state index contributed by atoms with van der Waals surface area (Å²) < 4.78 is 16.2. The molecule has 4 nitrogen and oxygen atoms in total. The summed E-state index contributed by atoms with van der Waals surface area (Å²) in [6.07, 6.45) is 2.96. The van der Waals surface area contributed by atoms with Gasteiger partial charge in [-0.2, -0.15) is 0 Å². The van der Waals surface area contributed by atoms with Crippen molar-refractivity contribution in [1.82, 2.24) is 0 Å². The Labute approximate surface area is 114 Å². The Balaban J connectivity index is 1.72. The smallest absolute Gasteiger partial charge is 0.122 e. The van der Waals surface area contributed by atoms with E-state index in [2.05, 4.69) is 6.07 Å². The summed E-state index contributed by atoms with van der Waals surface area (Å²) in [6, 6.07) is 6.30.